The number of halogens is 1. The Bertz CT molecular complexity index is 943. The molecule has 0 aromatic heterocycles. The molecule has 1 unspecified atom stereocenters. The van der Waals surface area contributed by atoms with E-state index in [1.54, 1.807) is 6.26 Å². The summed E-state index contributed by atoms with van der Waals surface area (Å²) in [5.41, 5.74) is 2.81. The maximum Gasteiger partial charge on any atom is 0.106 e. The maximum absolute atomic E-state index is 6.47. The van der Waals surface area contributed by atoms with E-state index in [4.69, 9.17) is 16.3 Å². The van der Waals surface area contributed by atoms with Crippen molar-refractivity contribution >= 4 is 33.1 Å². The number of allylic oxidation sites excluding steroid dienone is 2. The molecule has 0 N–H and O–H groups in total. The maximum atomic E-state index is 6.47. The molecule has 0 saturated carbocycles. The van der Waals surface area contributed by atoms with Gasteiger partial charge >= 0.3 is 0 Å². The van der Waals surface area contributed by atoms with Crippen molar-refractivity contribution in [3.63, 3.8) is 0 Å². The van der Waals surface area contributed by atoms with Crippen LogP contribution in [0.25, 0.3) is 21.5 Å². The van der Waals surface area contributed by atoms with Crippen molar-refractivity contribution in [3.8, 4) is 0 Å². The molecule has 5 rings (SSSR count). The summed E-state index contributed by atoms with van der Waals surface area (Å²) >= 11 is 6.47. The summed E-state index contributed by atoms with van der Waals surface area (Å²) < 4.78 is 4.80. The van der Waals surface area contributed by atoms with Crippen molar-refractivity contribution in [1.29, 1.82) is 0 Å². The molecule has 25 heavy (non-hydrogen) atoms. The van der Waals surface area contributed by atoms with Crippen LogP contribution in [0.2, 0.25) is 0 Å². The first kappa shape index (κ1) is 16.2. The van der Waals surface area contributed by atoms with Crippen molar-refractivity contribution in [3.05, 3.63) is 84.1 Å². The van der Waals surface area contributed by atoms with Crippen LogP contribution in [0.5, 0.6) is 0 Å². The first-order valence-corrected chi connectivity index (χ1v) is 9.29. The van der Waals surface area contributed by atoms with Gasteiger partial charge in [-0.3, -0.25) is 0 Å². The van der Waals surface area contributed by atoms with Gasteiger partial charge in [-0.05, 0) is 64.1 Å². The molecule has 1 heterocycles. The van der Waals surface area contributed by atoms with Crippen LogP contribution in [0.3, 0.4) is 0 Å². The predicted molar refractivity (Wildman–Crippen MR) is 107 cm³/mol. The van der Waals surface area contributed by atoms with Gasteiger partial charge in [-0.15, -0.1) is 11.6 Å². The van der Waals surface area contributed by atoms with Gasteiger partial charge < -0.3 is 4.74 Å². The first-order valence-electron chi connectivity index (χ1n) is 8.85. The lowest BCUT2D eigenvalue weighted by Crippen LogP contribution is -2.05. The van der Waals surface area contributed by atoms with Crippen LogP contribution >= 0.6 is 11.6 Å². The lowest BCUT2D eigenvalue weighted by molar-refractivity contribution is 0.286. The third-order valence-corrected chi connectivity index (χ3v) is 5.36. The van der Waals surface area contributed by atoms with Crippen molar-refractivity contribution in [2.45, 2.75) is 24.6 Å². The van der Waals surface area contributed by atoms with Crippen molar-refractivity contribution < 1.29 is 4.74 Å². The van der Waals surface area contributed by atoms with Gasteiger partial charge in [-0.25, -0.2) is 0 Å². The Morgan fingerprint density at radius 1 is 0.880 bits per heavy atom. The quantitative estimate of drug-likeness (QED) is 0.324. The van der Waals surface area contributed by atoms with Crippen LogP contribution in [0.15, 0.2) is 73.0 Å². The molecule has 0 amide bonds. The second-order valence-corrected chi connectivity index (χ2v) is 6.99. The lowest BCUT2D eigenvalue weighted by atomic mass is 9.86. The third kappa shape index (κ3) is 3.29. The number of rotatable bonds is 0. The minimum absolute atomic E-state index is 0.194. The molecule has 1 atom stereocenters. The average Bonchev–Trinajstić information content (AvgIpc) is 2.69. The molecular formula is C23H21ClO. The summed E-state index contributed by atoms with van der Waals surface area (Å²) in [5.74, 6) is 0. The zero-order valence-electron chi connectivity index (χ0n) is 14.1. The van der Waals surface area contributed by atoms with Crippen molar-refractivity contribution in [2.24, 2.45) is 0 Å². The van der Waals surface area contributed by atoms with Gasteiger partial charge in [0.1, 0.15) is 6.61 Å². The molecule has 1 aliphatic heterocycles. The van der Waals surface area contributed by atoms with E-state index in [1.165, 1.54) is 39.1 Å². The highest BCUT2D eigenvalue weighted by Crippen LogP contribution is 2.39. The highest BCUT2D eigenvalue weighted by Gasteiger charge is 2.20. The monoisotopic (exact) mass is 348 g/mol. The number of fused-ring (bicyclic) bond motifs is 5. The number of alkyl halides is 1. The Balaban J connectivity index is 0.000000223. The van der Waals surface area contributed by atoms with Gasteiger partial charge in [0.2, 0.25) is 0 Å². The van der Waals surface area contributed by atoms with E-state index in [0.29, 0.717) is 0 Å². The van der Waals surface area contributed by atoms with Gasteiger partial charge in [0, 0.05) is 0 Å². The minimum atomic E-state index is 0.194. The third-order valence-electron chi connectivity index (χ3n) is 4.91. The molecule has 0 spiro atoms. The molecule has 3 aromatic carbocycles. The molecule has 3 aromatic rings. The number of benzene rings is 3. The number of ether oxygens (including phenoxy) is 1. The number of hydrogen-bond donors (Lipinski definition) is 0. The molecule has 0 radical (unpaired) electrons. The van der Waals surface area contributed by atoms with Crippen LogP contribution in [-0.4, -0.2) is 6.61 Å². The van der Waals surface area contributed by atoms with E-state index in [9.17, 15) is 0 Å². The summed E-state index contributed by atoms with van der Waals surface area (Å²) in [6, 6.07) is 17.6. The van der Waals surface area contributed by atoms with Crippen LogP contribution in [0.1, 0.15) is 29.3 Å². The van der Waals surface area contributed by atoms with E-state index in [1.807, 2.05) is 18.2 Å². The normalized spacial score (nSPS) is 18.4. The largest absolute Gasteiger partial charge is 0.497 e. The van der Waals surface area contributed by atoms with Crippen LogP contribution in [0.4, 0.5) is 0 Å². The van der Waals surface area contributed by atoms with Crippen molar-refractivity contribution in [1.82, 2.24) is 0 Å². The zero-order chi connectivity index (χ0) is 17.1. The van der Waals surface area contributed by atoms with Gasteiger partial charge in [0.25, 0.3) is 0 Å². The predicted octanol–water partition coefficient (Wildman–Crippen LogP) is 6.70. The SMILES string of the molecule is C1=CCOC=C1.ClC1CCCc2c1ccc1c2ccc2ccccc21. The summed E-state index contributed by atoms with van der Waals surface area (Å²) in [6.45, 7) is 0.733. The van der Waals surface area contributed by atoms with Crippen LogP contribution in [-0.2, 0) is 11.2 Å². The van der Waals surface area contributed by atoms with Gasteiger partial charge in [-0.2, -0.15) is 0 Å². The molecule has 0 fully saturated rings. The molecule has 2 aliphatic rings. The number of aryl methyl sites for hydroxylation is 1. The highest BCUT2D eigenvalue weighted by atomic mass is 35.5. The Hall–Kier alpha value is -2.25. The molecule has 1 nitrogen and oxygen atoms in total. The van der Waals surface area contributed by atoms with Crippen LogP contribution < -0.4 is 0 Å². The van der Waals surface area contributed by atoms with E-state index in [-0.39, 0.29) is 5.38 Å². The Morgan fingerprint density at radius 3 is 2.52 bits per heavy atom. The number of hydrogen-bond acceptors (Lipinski definition) is 1. The fraction of sp³-hybridized carbons (Fsp3) is 0.217. The molecule has 2 heteroatoms. The average molecular weight is 349 g/mol. The molecule has 0 bridgehead atoms. The molecule has 0 saturated heterocycles. The van der Waals surface area contributed by atoms with Crippen LogP contribution in [0, 0.1) is 0 Å². The van der Waals surface area contributed by atoms with Gasteiger partial charge in [0.05, 0.1) is 11.6 Å². The fourth-order valence-corrected chi connectivity index (χ4v) is 4.06. The smallest absolute Gasteiger partial charge is 0.106 e. The summed E-state index contributed by atoms with van der Waals surface area (Å²) in [4.78, 5) is 0. The van der Waals surface area contributed by atoms with Crippen molar-refractivity contribution in [2.75, 3.05) is 6.61 Å². The van der Waals surface area contributed by atoms with E-state index < -0.39 is 0 Å². The van der Waals surface area contributed by atoms with E-state index in [0.717, 1.165) is 19.4 Å². The Kier molecular flexibility index (Phi) is 4.76. The summed E-state index contributed by atoms with van der Waals surface area (Å²) in [6.07, 6.45) is 10.9. The lowest BCUT2D eigenvalue weighted by Gasteiger charge is -2.22. The summed E-state index contributed by atoms with van der Waals surface area (Å²) in [7, 11) is 0. The van der Waals surface area contributed by atoms with Gasteiger partial charge in [-0.1, -0.05) is 54.6 Å². The minimum Gasteiger partial charge on any atom is -0.497 e. The molecule has 1 aliphatic carbocycles. The Morgan fingerprint density at radius 2 is 1.76 bits per heavy atom. The summed E-state index contributed by atoms with van der Waals surface area (Å²) in [5, 5.41) is 5.61. The van der Waals surface area contributed by atoms with Gasteiger partial charge in [0.15, 0.2) is 0 Å². The second kappa shape index (κ2) is 7.33. The Labute approximate surface area is 153 Å². The highest BCUT2D eigenvalue weighted by molar-refractivity contribution is 6.21. The second-order valence-electron chi connectivity index (χ2n) is 6.46. The zero-order valence-corrected chi connectivity index (χ0v) is 14.9. The van der Waals surface area contributed by atoms with E-state index >= 15 is 0 Å². The first-order chi connectivity index (χ1) is 12.3. The molecular weight excluding hydrogens is 328 g/mol. The fourth-order valence-electron chi connectivity index (χ4n) is 3.70. The standard InChI is InChI=1S/C18H15Cl.C5H6O/c19-18-7-3-6-14-16-9-8-12-4-1-2-5-13(12)15(16)10-11-17(14)18;1-2-4-6-5-3-1/h1-2,4-5,8-11,18H,3,6-7H2;1-4H,5H2. The molecule has 126 valence electrons. The topological polar surface area (TPSA) is 9.23 Å². The van der Waals surface area contributed by atoms with E-state index in [2.05, 4.69) is 48.5 Å².